The van der Waals surface area contributed by atoms with Gasteiger partial charge >= 0.3 is 0 Å². The number of hydrogen-bond donors (Lipinski definition) is 7. The van der Waals surface area contributed by atoms with Crippen LogP contribution in [0.5, 0.6) is 0 Å². The van der Waals surface area contributed by atoms with Gasteiger partial charge in [0.2, 0.25) is 5.91 Å². The number of pyridine rings is 1. The number of hydrazine groups is 3. The number of nitrogens with zero attached hydrogens (tertiary/aromatic N) is 17. The number of primary amides is 1. The fourth-order valence-corrected chi connectivity index (χ4v) is 9.09. The van der Waals surface area contributed by atoms with Crippen LogP contribution in [0.25, 0.3) is 75.9 Å². The van der Waals surface area contributed by atoms with Gasteiger partial charge in [-0.2, -0.15) is 0 Å². The average Bonchev–Trinajstić information content (AvgIpc) is 1.77. The fraction of sp³-hybridized carbons (Fsp3) is 0.171. The molecule has 29 heteroatoms. The number of aryl methyl sites for hydroxylation is 8. The summed E-state index contributed by atoms with van der Waals surface area (Å²) in [6.07, 6.45) is 26.8. The minimum absolute atomic E-state index is 0.257. The maximum atomic E-state index is 11.8. The summed E-state index contributed by atoms with van der Waals surface area (Å²) in [6, 6.07) is 29.8. The molecule has 0 radical (unpaired) electrons. The van der Waals surface area contributed by atoms with E-state index in [4.69, 9.17) is 5.73 Å². The van der Waals surface area contributed by atoms with Crippen LogP contribution < -0.4 is 38.3 Å². The molecular formula is C70H74N24O5. The quantitative estimate of drug-likeness (QED) is 0.0331. The summed E-state index contributed by atoms with van der Waals surface area (Å²) in [4.78, 5) is 95.5. The van der Waals surface area contributed by atoms with E-state index in [1.807, 2.05) is 110 Å². The molecule has 7 heterocycles. The van der Waals surface area contributed by atoms with Gasteiger partial charge < -0.3 is 5.73 Å². The summed E-state index contributed by atoms with van der Waals surface area (Å²) in [6.45, 7) is 21.5. The van der Waals surface area contributed by atoms with Crippen LogP contribution in [0.15, 0.2) is 178 Å². The van der Waals surface area contributed by atoms with E-state index in [9.17, 15) is 24.0 Å². The average molecular weight is 1330 g/mol. The maximum absolute atomic E-state index is 11.8. The number of hydrogen-bond acceptors (Lipinski definition) is 20. The van der Waals surface area contributed by atoms with Crippen molar-refractivity contribution in [1.29, 1.82) is 0 Å². The van der Waals surface area contributed by atoms with E-state index >= 15 is 0 Å². The van der Waals surface area contributed by atoms with E-state index in [1.54, 1.807) is 58.0 Å². The summed E-state index contributed by atoms with van der Waals surface area (Å²) in [7, 11) is 0. The fourth-order valence-electron chi connectivity index (χ4n) is 9.09. The molecule has 0 bridgehead atoms. The Morgan fingerprint density at radius 1 is 0.414 bits per heavy atom. The molecule has 29 nitrogen and oxygen atoms in total. The van der Waals surface area contributed by atoms with Crippen LogP contribution in [0.1, 0.15) is 70.8 Å². The molecular weight excluding hydrogens is 1260 g/mol. The van der Waals surface area contributed by atoms with Crippen LogP contribution in [0.3, 0.4) is 0 Å². The Hall–Kier alpha value is -13.3. The van der Waals surface area contributed by atoms with Gasteiger partial charge in [0.25, 0.3) is 23.6 Å². The Morgan fingerprint density at radius 3 is 1.15 bits per heavy atom. The monoisotopic (exact) mass is 1330 g/mol. The minimum Gasteiger partial charge on any atom is -0.366 e. The molecule has 0 spiro atoms. The second-order valence-corrected chi connectivity index (χ2v) is 23.4. The lowest BCUT2D eigenvalue weighted by Gasteiger charge is -2.17. The Morgan fingerprint density at radius 2 is 0.788 bits per heavy atom. The van der Waals surface area contributed by atoms with E-state index in [0.29, 0.717) is 40.5 Å². The molecule has 0 saturated carbocycles. The molecule has 0 aliphatic carbocycles. The molecule has 99 heavy (non-hydrogen) atoms. The number of carbonyl (C=O) groups is 5. The second-order valence-electron chi connectivity index (χ2n) is 23.4. The van der Waals surface area contributed by atoms with E-state index in [2.05, 4.69) is 122 Å². The molecule has 11 aromatic rings. The smallest absolute Gasteiger partial charge is 0.263 e. The Kier molecular flexibility index (Phi) is 24.7. The van der Waals surface area contributed by atoms with Crippen LogP contribution >= 0.6 is 0 Å². The third-order valence-electron chi connectivity index (χ3n) is 13.3. The molecule has 0 aliphatic rings. The van der Waals surface area contributed by atoms with Gasteiger partial charge in [0.05, 0.1) is 11.8 Å². The zero-order chi connectivity index (χ0) is 71.0. The predicted molar refractivity (Wildman–Crippen MR) is 377 cm³/mol. The third kappa shape index (κ3) is 23.0. The summed E-state index contributed by atoms with van der Waals surface area (Å²) in [5.41, 5.74) is 33.6. The van der Waals surface area contributed by atoms with Gasteiger partial charge in [0, 0.05) is 107 Å². The van der Waals surface area contributed by atoms with Crippen molar-refractivity contribution in [1.82, 2.24) is 106 Å². The molecule has 0 fully saturated rings. The Bertz CT molecular complexity index is 4490. The van der Waals surface area contributed by atoms with Gasteiger partial charge in [0.15, 0.2) is 29.1 Å². The van der Waals surface area contributed by atoms with Crippen LogP contribution in [-0.4, -0.2) is 114 Å². The zero-order valence-corrected chi connectivity index (χ0v) is 56.3. The van der Waals surface area contributed by atoms with E-state index in [0.717, 1.165) is 66.8 Å². The van der Waals surface area contributed by atoms with Crippen molar-refractivity contribution in [3.8, 4) is 45.6 Å². The lowest BCUT2D eigenvalue weighted by molar-refractivity contribution is -0.132. The van der Waals surface area contributed by atoms with Gasteiger partial charge in [-0.3, -0.25) is 61.5 Å². The van der Waals surface area contributed by atoms with Crippen molar-refractivity contribution in [3.05, 3.63) is 228 Å². The summed E-state index contributed by atoms with van der Waals surface area (Å²) in [5.74, 6) is 1.39. The van der Waals surface area contributed by atoms with Crippen LogP contribution in [0.2, 0.25) is 0 Å². The number of nitrogens with two attached hydrogens (primary N) is 1. The molecule has 0 saturated heterocycles. The molecule has 0 aliphatic heterocycles. The highest BCUT2D eigenvalue weighted by Crippen LogP contribution is 2.23. The lowest BCUT2D eigenvalue weighted by atomic mass is 9.96. The number of anilines is 2. The van der Waals surface area contributed by atoms with E-state index in [1.165, 1.54) is 106 Å². The van der Waals surface area contributed by atoms with Crippen LogP contribution in [0.4, 0.5) is 11.6 Å². The largest absolute Gasteiger partial charge is 0.366 e. The van der Waals surface area contributed by atoms with Gasteiger partial charge in [-0.25, -0.2) is 58.6 Å². The number of benzene rings is 4. The van der Waals surface area contributed by atoms with Crippen molar-refractivity contribution < 1.29 is 24.0 Å². The van der Waals surface area contributed by atoms with Crippen molar-refractivity contribution in [3.63, 3.8) is 0 Å². The number of rotatable bonds is 17. The van der Waals surface area contributed by atoms with Gasteiger partial charge in [-0.1, -0.05) is 95.6 Å². The summed E-state index contributed by atoms with van der Waals surface area (Å²) < 4.78 is 5.88. The van der Waals surface area contributed by atoms with Crippen molar-refractivity contribution in [2.75, 3.05) is 10.9 Å². The molecule has 8 N–H and O–H groups in total. The summed E-state index contributed by atoms with van der Waals surface area (Å²) >= 11 is 0. The summed E-state index contributed by atoms with van der Waals surface area (Å²) in [5, 5.41) is 17.4. The first-order chi connectivity index (χ1) is 47.4. The predicted octanol–water partition coefficient (Wildman–Crippen LogP) is 8.60. The zero-order valence-electron chi connectivity index (χ0n) is 56.3. The normalized spacial score (nSPS) is 11.2. The van der Waals surface area contributed by atoms with Crippen molar-refractivity contribution in [2.24, 2.45) is 11.1 Å². The molecule has 5 amide bonds. The number of amides is 5. The molecule has 7 aromatic heterocycles. The Balaban J connectivity index is 0.000000168. The maximum Gasteiger partial charge on any atom is 0.263 e. The number of aromatic nitrogens is 17. The topological polar surface area (TPSA) is 371 Å². The molecule has 0 atom stereocenters. The van der Waals surface area contributed by atoms with Crippen LogP contribution in [0, 0.1) is 60.8 Å². The van der Waals surface area contributed by atoms with E-state index < -0.39 is 17.2 Å². The SMILES string of the molecule is Cc1cc(C)cc(-c2ncn(/C=C(/C(N)=O)c3cncnc3)n2)c1.Cc1cc(C)cc(-c2ncn(/C=C\C(=O)NNC(=O)C(C)(C)C)n2)c1.Cc1cc(C)cc(-c2ncn(/C=C\C(=O)NNc3ccccn3)n2)c1.Cc1cc(C)cc(-c2ncn(/C=C\C(=O)NNc3cnccn3)n2)c1. The number of carbonyl (C=O) groups excluding carboxylic acids is 5. The highest BCUT2D eigenvalue weighted by molar-refractivity contribution is 6.22. The Labute approximate surface area is 570 Å². The highest BCUT2D eigenvalue weighted by atomic mass is 16.2. The van der Waals surface area contributed by atoms with Crippen LogP contribution in [-0.2, 0) is 24.0 Å². The molecule has 4 aromatic carbocycles. The first-order valence-electron chi connectivity index (χ1n) is 30.6. The molecule has 504 valence electrons. The molecule has 0 unspecified atom stereocenters. The highest BCUT2D eigenvalue weighted by Gasteiger charge is 2.21. The molecule has 11 rings (SSSR count). The third-order valence-corrected chi connectivity index (χ3v) is 13.3. The van der Waals surface area contributed by atoms with Gasteiger partial charge in [-0.15, -0.1) is 20.4 Å². The minimum atomic E-state index is -0.590. The van der Waals surface area contributed by atoms with E-state index in [-0.39, 0.29) is 23.3 Å². The van der Waals surface area contributed by atoms with Crippen molar-refractivity contribution >= 4 is 71.5 Å². The first kappa shape index (κ1) is 71.5. The lowest BCUT2D eigenvalue weighted by Crippen LogP contribution is -2.46. The van der Waals surface area contributed by atoms with Gasteiger partial charge in [-0.05, 0) is 116 Å². The van der Waals surface area contributed by atoms with Crippen molar-refractivity contribution in [2.45, 2.75) is 76.2 Å². The number of nitrogens with one attached hydrogen (secondary N) is 6. The second kappa shape index (κ2) is 34.2. The van der Waals surface area contributed by atoms with Gasteiger partial charge in [0.1, 0.15) is 37.5 Å². The standard InChI is InChI=1S/C18H18N6O.C18H23N5O2.C17H17N7O.C17H16N6O/c1-13-9-14(2)11-15(10-13)18-20-12-24(23-18)8-6-17(25)22-21-16-5-3-4-7-19-16;1-12-8-13(2)10-14(9-12)16-19-11-23(22-16)7-6-15(24)20-21-17(25)18(3,4)5;1-12-7-13(2)9-14(8-12)17-20-11-24(23-17)6-3-16(25)22-21-15-10-18-4-5-19-15;1-11-3-12(2)5-13(4-11)17-21-10-23(22-17)8-15(16(18)24)14-6-19-9-20-7-14/h3-12H,1-2H3,(H,19,21)(H,22,25);6-11H,1-5H3,(H,20,24)(H,21,25);3-11H,1-2H3,(H,19,21)(H,22,25);3-10H,1-2H3,(H2,18,24)/b8-6-;7-6-;6-3-;15-8+. The first-order valence-corrected chi connectivity index (χ1v) is 30.6.